The van der Waals surface area contributed by atoms with E-state index in [-0.39, 0.29) is 0 Å². The Morgan fingerprint density at radius 1 is 1.37 bits per heavy atom. The van der Waals surface area contributed by atoms with Crippen molar-refractivity contribution in [1.82, 2.24) is 4.72 Å². The van der Waals surface area contributed by atoms with Crippen molar-refractivity contribution in [1.29, 1.82) is 0 Å². The Balaban J connectivity index is 1.62. The van der Waals surface area contributed by atoms with Crippen LogP contribution in [0.5, 0.6) is 0 Å². The van der Waals surface area contributed by atoms with Crippen molar-refractivity contribution >= 4 is 21.4 Å². The molecule has 0 aromatic carbocycles. The van der Waals surface area contributed by atoms with E-state index >= 15 is 0 Å². The molecule has 1 aromatic heterocycles. The Hall–Kier alpha value is -0.430. The quantitative estimate of drug-likeness (QED) is 0.872. The van der Waals surface area contributed by atoms with Crippen LogP contribution in [0.25, 0.3) is 0 Å². The maximum absolute atomic E-state index is 12.2. The normalized spacial score (nSPS) is 30.1. The predicted molar refractivity (Wildman–Crippen MR) is 76.3 cm³/mol. The van der Waals surface area contributed by atoms with Crippen molar-refractivity contribution in [3.05, 3.63) is 17.0 Å². The molecule has 0 saturated heterocycles. The number of sulfonamides is 1. The molecule has 19 heavy (non-hydrogen) atoms. The van der Waals surface area contributed by atoms with Crippen LogP contribution in [0.4, 0.5) is 0 Å². The molecule has 2 fully saturated rings. The maximum Gasteiger partial charge on any atom is 0.250 e. The molecule has 2 bridgehead atoms. The van der Waals surface area contributed by atoms with Crippen LogP contribution in [0, 0.1) is 17.8 Å². The average Bonchev–Trinajstić information content (AvgIpc) is 3.11. The van der Waals surface area contributed by atoms with Gasteiger partial charge in [-0.2, -0.15) is 0 Å². The van der Waals surface area contributed by atoms with Gasteiger partial charge in [0.1, 0.15) is 4.21 Å². The molecule has 3 N–H and O–H groups in total. The summed E-state index contributed by atoms with van der Waals surface area (Å²) in [5.74, 6) is 2.14. The second kappa shape index (κ2) is 5.16. The van der Waals surface area contributed by atoms with Gasteiger partial charge in [0.05, 0.1) is 0 Å². The second-order valence-corrected chi connectivity index (χ2v) is 8.67. The summed E-state index contributed by atoms with van der Waals surface area (Å²) in [4.78, 5) is 0. The van der Waals surface area contributed by atoms with E-state index in [1.54, 1.807) is 6.07 Å². The second-order valence-electron chi connectivity index (χ2n) is 5.76. The van der Waals surface area contributed by atoms with Crippen LogP contribution in [-0.4, -0.2) is 15.0 Å². The number of hydrogen-bond donors (Lipinski definition) is 2. The molecule has 1 heterocycles. The van der Waals surface area contributed by atoms with Gasteiger partial charge in [0.15, 0.2) is 0 Å². The fraction of sp³-hybridized carbons (Fsp3) is 0.692. The fourth-order valence-corrected chi connectivity index (χ4v) is 5.88. The summed E-state index contributed by atoms with van der Waals surface area (Å²) in [5, 5.41) is 1.81. The van der Waals surface area contributed by atoms with E-state index in [9.17, 15) is 8.42 Å². The Morgan fingerprint density at radius 2 is 2.21 bits per heavy atom. The van der Waals surface area contributed by atoms with E-state index in [0.29, 0.717) is 23.2 Å². The monoisotopic (exact) mass is 300 g/mol. The van der Waals surface area contributed by atoms with Crippen LogP contribution in [0.2, 0.25) is 0 Å². The number of nitrogens with one attached hydrogen (secondary N) is 1. The smallest absolute Gasteiger partial charge is 0.250 e. The van der Waals surface area contributed by atoms with Crippen molar-refractivity contribution in [2.24, 2.45) is 23.5 Å². The highest BCUT2D eigenvalue weighted by Crippen LogP contribution is 2.48. The van der Waals surface area contributed by atoms with Crippen LogP contribution >= 0.6 is 11.3 Å². The van der Waals surface area contributed by atoms with Gasteiger partial charge in [0.2, 0.25) is 10.0 Å². The van der Waals surface area contributed by atoms with E-state index in [2.05, 4.69) is 4.72 Å². The molecule has 0 radical (unpaired) electrons. The van der Waals surface area contributed by atoms with Crippen molar-refractivity contribution in [3.63, 3.8) is 0 Å². The van der Waals surface area contributed by atoms with Gasteiger partial charge in [-0.15, -0.1) is 11.3 Å². The SMILES string of the molecule is NCc1csc(S(=O)(=O)NCC2CC3CCC2C3)c1. The molecule has 6 heteroatoms. The molecule has 2 saturated carbocycles. The zero-order valence-corrected chi connectivity index (χ0v) is 12.5. The number of fused-ring (bicyclic) bond motifs is 2. The minimum atomic E-state index is -3.34. The van der Waals surface area contributed by atoms with Crippen molar-refractivity contribution in [2.45, 2.75) is 36.4 Å². The van der Waals surface area contributed by atoms with Gasteiger partial charge < -0.3 is 5.73 Å². The summed E-state index contributed by atoms with van der Waals surface area (Å²) >= 11 is 1.25. The number of thiophene rings is 1. The summed E-state index contributed by atoms with van der Waals surface area (Å²) < 4.78 is 27.5. The lowest BCUT2D eigenvalue weighted by molar-refractivity contribution is 0.333. The van der Waals surface area contributed by atoms with Crippen LogP contribution in [-0.2, 0) is 16.6 Å². The lowest BCUT2D eigenvalue weighted by Crippen LogP contribution is -2.31. The highest BCUT2D eigenvalue weighted by Gasteiger charge is 2.39. The highest BCUT2D eigenvalue weighted by atomic mass is 32.2. The molecule has 1 aromatic rings. The lowest BCUT2D eigenvalue weighted by Gasteiger charge is -2.21. The molecule has 0 spiro atoms. The molecule has 3 rings (SSSR count). The molecule has 0 amide bonds. The summed E-state index contributed by atoms with van der Waals surface area (Å²) in [6.45, 7) is 0.984. The molecule has 0 aliphatic heterocycles. The average molecular weight is 300 g/mol. The van der Waals surface area contributed by atoms with Gasteiger partial charge in [-0.1, -0.05) is 6.42 Å². The zero-order chi connectivity index (χ0) is 13.5. The third kappa shape index (κ3) is 2.72. The predicted octanol–water partition coefficient (Wildman–Crippen LogP) is 1.92. The standard InChI is InChI=1S/C13H20N2O2S2/c14-6-10-5-13(18-8-10)19(16,17)15-7-12-4-9-1-2-11(12)3-9/h5,8-9,11-12,15H,1-4,6-7,14H2. The lowest BCUT2D eigenvalue weighted by atomic mass is 9.89. The zero-order valence-electron chi connectivity index (χ0n) is 10.8. The summed E-state index contributed by atoms with van der Waals surface area (Å²) in [7, 11) is -3.34. The first-order valence-electron chi connectivity index (χ1n) is 6.85. The molecular formula is C13H20N2O2S2. The molecule has 3 unspecified atom stereocenters. The van der Waals surface area contributed by atoms with Crippen molar-refractivity contribution in [2.75, 3.05) is 6.54 Å². The molecule has 4 nitrogen and oxygen atoms in total. The highest BCUT2D eigenvalue weighted by molar-refractivity contribution is 7.91. The molecule has 2 aliphatic carbocycles. The van der Waals surface area contributed by atoms with Gasteiger partial charge in [-0.05, 0) is 54.0 Å². The van der Waals surface area contributed by atoms with E-state index in [4.69, 9.17) is 5.73 Å². The van der Waals surface area contributed by atoms with Gasteiger partial charge in [0.25, 0.3) is 0 Å². The summed E-state index contributed by atoms with van der Waals surface area (Å²) in [6.07, 6.45) is 5.14. The summed E-state index contributed by atoms with van der Waals surface area (Å²) in [5.41, 5.74) is 6.39. The van der Waals surface area contributed by atoms with E-state index in [1.165, 1.54) is 37.0 Å². The van der Waals surface area contributed by atoms with Crippen molar-refractivity contribution < 1.29 is 8.42 Å². The Bertz CT molecular complexity index is 553. The number of hydrogen-bond acceptors (Lipinski definition) is 4. The van der Waals surface area contributed by atoms with Crippen LogP contribution in [0.15, 0.2) is 15.7 Å². The van der Waals surface area contributed by atoms with Gasteiger partial charge in [0, 0.05) is 13.1 Å². The van der Waals surface area contributed by atoms with Crippen LogP contribution in [0.1, 0.15) is 31.2 Å². The number of nitrogens with two attached hydrogens (primary N) is 1. The molecule has 106 valence electrons. The molecule has 2 aliphatic rings. The van der Waals surface area contributed by atoms with Crippen LogP contribution in [0.3, 0.4) is 0 Å². The van der Waals surface area contributed by atoms with Crippen molar-refractivity contribution in [3.8, 4) is 0 Å². The summed E-state index contributed by atoms with van der Waals surface area (Å²) in [6, 6.07) is 1.67. The third-order valence-corrected chi connectivity index (χ3v) is 7.46. The first-order valence-corrected chi connectivity index (χ1v) is 9.22. The third-order valence-electron chi connectivity index (χ3n) is 4.55. The first kappa shape index (κ1) is 13.5. The minimum Gasteiger partial charge on any atom is -0.326 e. The van der Waals surface area contributed by atoms with Gasteiger partial charge in [-0.25, -0.2) is 13.1 Å². The van der Waals surface area contributed by atoms with E-state index in [0.717, 1.165) is 17.4 Å². The molecule has 3 atom stereocenters. The van der Waals surface area contributed by atoms with Gasteiger partial charge in [-0.3, -0.25) is 0 Å². The number of rotatable bonds is 5. The Labute approximate surface area is 118 Å². The Morgan fingerprint density at radius 3 is 2.79 bits per heavy atom. The van der Waals surface area contributed by atoms with Crippen LogP contribution < -0.4 is 10.5 Å². The minimum absolute atomic E-state index is 0.385. The van der Waals surface area contributed by atoms with E-state index < -0.39 is 10.0 Å². The topological polar surface area (TPSA) is 72.2 Å². The maximum atomic E-state index is 12.2. The Kier molecular flexibility index (Phi) is 3.68. The molecular weight excluding hydrogens is 280 g/mol. The first-order chi connectivity index (χ1) is 9.08. The fourth-order valence-electron chi connectivity index (χ4n) is 3.52. The van der Waals surface area contributed by atoms with E-state index in [1.807, 2.05) is 5.38 Å². The largest absolute Gasteiger partial charge is 0.326 e. The van der Waals surface area contributed by atoms with Gasteiger partial charge >= 0.3 is 0 Å².